The van der Waals surface area contributed by atoms with E-state index in [9.17, 15) is 13.2 Å². The molecule has 0 saturated carbocycles. The number of hydrogen-bond donors (Lipinski definition) is 1. The van der Waals surface area contributed by atoms with Gasteiger partial charge in [-0.3, -0.25) is 9.10 Å². The van der Waals surface area contributed by atoms with Gasteiger partial charge in [-0.1, -0.05) is 30.3 Å². The summed E-state index contributed by atoms with van der Waals surface area (Å²) in [5.41, 5.74) is 1.77. The summed E-state index contributed by atoms with van der Waals surface area (Å²) in [5.74, 6) is -0.532. The summed E-state index contributed by atoms with van der Waals surface area (Å²) in [5, 5.41) is 13.7. The SMILES string of the molecule is CN(c1ccccc1)S(=O)(=O)c1ccccc1C(=O)Nc1ccc(-n2cnnn2)cc1. The van der Waals surface area contributed by atoms with E-state index in [2.05, 4.69) is 20.8 Å². The highest BCUT2D eigenvalue weighted by atomic mass is 32.2. The lowest BCUT2D eigenvalue weighted by molar-refractivity contribution is 0.102. The van der Waals surface area contributed by atoms with Crippen LogP contribution in [0, 0.1) is 0 Å². The fourth-order valence-corrected chi connectivity index (χ4v) is 4.36. The Bertz CT molecular complexity index is 1290. The molecule has 3 aromatic carbocycles. The Balaban J connectivity index is 1.60. The van der Waals surface area contributed by atoms with Crippen LogP contribution in [-0.2, 0) is 10.0 Å². The van der Waals surface area contributed by atoms with Gasteiger partial charge in [0.05, 0.1) is 16.9 Å². The van der Waals surface area contributed by atoms with Crippen LogP contribution in [0.5, 0.6) is 0 Å². The van der Waals surface area contributed by atoms with Crippen molar-refractivity contribution in [3.63, 3.8) is 0 Å². The molecule has 1 heterocycles. The van der Waals surface area contributed by atoms with E-state index in [1.807, 2.05) is 0 Å². The Morgan fingerprint density at radius 2 is 1.61 bits per heavy atom. The van der Waals surface area contributed by atoms with Crippen molar-refractivity contribution in [2.75, 3.05) is 16.7 Å². The molecule has 0 radical (unpaired) electrons. The second-order valence-corrected chi connectivity index (χ2v) is 8.50. The topological polar surface area (TPSA) is 110 Å². The molecule has 156 valence electrons. The van der Waals surface area contributed by atoms with Gasteiger partial charge in [0.2, 0.25) is 0 Å². The van der Waals surface area contributed by atoms with Crippen LogP contribution in [0.1, 0.15) is 10.4 Å². The molecular weight excluding hydrogens is 416 g/mol. The van der Waals surface area contributed by atoms with Crippen LogP contribution in [-0.4, -0.2) is 41.6 Å². The summed E-state index contributed by atoms with van der Waals surface area (Å²) in [6, 6.07) is 21.6. The molecule has 9 nitrogen and oxygen atoms in total. The van der Waals surface area contributed by atoms with E-state index < -0.39 is 15.9 Å². The fraction of sp³-hybridized carbons (Fsp3) is 0.0476. The van der Waals surface area contributed by atoms with E-state index in [1.165, 1.54) is 30.2 Å². The van der Waals surface area contributed by atoms with Crippen molar-refractivity contribution in [1.82, 2.24) is 20.2 Å². The van der Waals surface area contributed by atoms with Gasteiger partial charge in [0, 0.05) is 12.7 Å². The van der Waals surface area contributed by atoms with Crippen molar-refractivity contribution in [3.8, 4) is 5.69 Å². The highest BCUT2D eigenvalue weighted by molar-refractivity contribution is 7.92. The van der Waals surface area contributed by atoms with Gasteiger partial charge in [-0.2, -0.15) is 0 Å². The molecule has 0 unspecified atom stereocenters. The molecule has 0 aliphatic heterocycles. The van der Waals surface area contributed by atoms with Gasteiger partial charge in [0.1, 0.15) is 11.2 Å². The predicted octanol–water partition coefficient (Wildman–Crippen LogP) is 2.74. The molecule has 10 heteroatoms. The van der Waals surface area contributed by atoms with E-state index in [1.54, 1.807) is 66.7 Å². The Morgan fingerprint density at radius 3 is 2.29 bits per heavy atom. The number of sulfonamides is 1. The van der Waals surface area contributed by atoms with E-state index >= 15 is 0 Å². The number of nitrogens with zero attached hydrogens (tertiary/aromatic N) is 5. The van der Waals surface area contributed by atoms with Crippen LogP contribution < -0.4 is 9.62 Å². The molecule has 4 aromatic rings. The highest BCUT2D eigenvalue weighted by Gasteiger charge is 2.26. The molecule has 1 N–H and O–H groups in total. The first kappa shape index (κ1) is 20.2. The number of amides is 1. The standard InChI is InChI=1S/C21H18N6O3S/c1-26(17-7-3-2-4-8-17)31(29,30)20-10-6-5-9-19(20)21(28)23-16-11-13-18(14-12-16)27-15-22-24-25-27/h2-15H,1H3,(H,23,28). The van der Waals surface area contributed by atoms with Gasteiger partial charge in [-0.05, 0) is 59.0 Å². The third-order valence-electron chi connectivity index (χ3n) is 4.63. The van der Waals surface area contributed by atoms with Gasteiger partial charge < -0.3 is 5.32 Å². The van der Waals surface area contributed by atoms with Gasteiger partial charge in [0.15, 0.2) is 0 Å². The third-order valence-corrected chi connectivity index (χ3v) is 6.47. The number of aromatic nitrogens is 4. The number of tetrazole rings is 1. The zero-order valence-corrected chi connectivity index (χ0v) is 17.3. The van der Waals surface area contributed by atoms with Crippen molar-refractivity contribution in [1.29, 1.82) is 0 Å². The maximum atomic E-state index is 13.2. The maximum Gasteiger partial charge on any atom is 0.264 e. The molecule has 0 bridgehead atoms. The van der Waals surface area contributed by atoms with E-state index in [4.69, 9.17) is 0 Å². The first-order valence-corrected chi connectivity index (χ1v) is 10.7. The largest absolute Gasteiger partial charge is 0.322 e. The number of hydrogen-bond acceptors (Lipinski definition) is 6. The number of nitrogens with one attached hydrogen (secondary N) is 1. The van der Waals surface area contributed by atoms with Crippen LogP contribution in [0.4, 0.5) is 11.4 Å². The number of anilines is 2. The lowest BCUT2D eigenvalue weighted by Crippen LogP contribution is -2.28. The molecule has 1 aromatic heterocycles. The van der Waals surface area contributed by atoms with Crippen molar-refractivity contribution < 1.29 is 13.2 Å². The summed E-state index contributed by atoms with van der Waals surface area (Å²) < 4.78 is 29.1. The summed E-state index contributed by atoms with van der Waals surface area (Å²) in [6.07, 6.45) is 1.46. The van der Waals surface area contributed by atoms with Crippen LogP contribution >= 0.6 is 0 Å². The van der Waals surface area contributed by atoms with E-state index in [0.717, 1.165) is 9.99 Å². The Morgan fingerprint density at radius 1 is 0.935 bits per heavy atom. The molecular formula is C21H18N6O3S. The minimum absolute atomic E-state index is 0.0508. The molecule has 0 aliphatic carbocycles. The van der Waals surface area contributed by atoms with Crippen molar-refractivity contribution >= 4 is 27.3 Å². The quantitative estimate of drug-likeness (QED) is 0.500. The van der Waals surface area contributed by atoms with Gasteiger partial charge >= 0.3 is 0 Å². The van der Waals surface area contributed by atoms with E-state index in [-0.39, 0.29) is 10.5 Å². The Hall–Kier alpha value is -4.05. The first-order chi connectivity index (χ1) is 15.0. The number of benzene rings is 3. The molecule has 4 rings (SSSR count). The molecule has 0 spiro atoms. The van der Waals surface area contributed by atoms with Gasteiger partial charge in [0.25, 0.3) is 15.9 Å². The fourth-order valence-electron chi connectivity index (χ4n) is 2.98. The normalized spacial score (nSPS) is 11.1. The predicted molar refractivity (Wildman–Crippen MR) is 116 cm³/mol. The summed E-state index contributed by atoms with van der Waals surface area (Å²) in [4.78, 5) is 12.8. The Labute approximate surface area is 179 Å². The highest BCUT2D eigenvalue weighted by Crippen LogP contribution is 2.25. The second-order valence-electron chi connectivity index (χ2n) is 6.56. The first-order valence-electron chi connectivity index (χ1n) is 9.24. The zero-order valence-electron chi connectivity index (χ0n) is 16.5. The van der Waals surface area contributed by atoms with Crippen molar-refractivity contribution in [2.24, 2.45) is 0 Å². The Kier molecular flexibility index (Phi) is 5.46. The van der Waals surface area contributed by atoms with Gasteiger partial charge in [-0.25, -0.2) is 13.1 Å². The molecule has 0 fully saturated rings. The summed E-state index contributed by atoms with van der Waals surface area (Å²) in [7, 11) is -2.49. The minimum Gasteiger partial charge on any atom is -0.322 e. The molecule has 1 amide bonds. The number of carbonyl (C=O) groups excluding carboxylic acids is 1. The number of rotatable bonds is 6. The molecule has 0 aliphatic rings. The number of carbonyl (C=O) groups is 1. The molecule has 0 saturated heterocycles. The van der Waals surface area contributed by atoms with Gasteiger partial charge in [-0.15, -0.1) is 5.10 Å². The summed E-state index contributed by atoms with van der Waals surface area (Å²) >= 11 is 0. The monoisotopic (exact) mass is 434 g/mol. The average molecular weight is 434 g/mol. The van der Waals surface area contributed by atoms with Crippen LogP contribution in [0.15, 0.2) is 90.1 Å². The zero-order chi connectivity index (χ0) is 21.8. The van der Waals surface area contributed by atoms with Crippen molar-refractivity contribution in [2.45, 2.75) is 4.90 Å². The van der Waals surface area contributed by atoms with Crippen LogP contribution in [0.2, 0.25) is 0 Å². The molecule has 31 heavy (non-hydrogen) atoms. The lowest BCUT2D eigenvalue weighted by Gasteiger charge is -2.21. The minimum atomic E-state index is -3.95. The lowest BCUT2D eigenvalue weighted by atomic mass is 10.2. The smallest absolute Gasteiger partial charge is 0.264 e. The second kappa shape index (κ2) is 8.36. The van der Waals surface area contributed by atoms with Crippen LogP contribution in [0.3, 0.4) is 0 Å². The third kappa shape index (κ3) is 4.14. The van der Waals surface area contributed by atoms with Crippen LogP contribution in [0.25, 0.3) is 5.69 Å². The van der Waals surface area contributed by atoms with Crippen molar-refractivity contribution in [3.05, 3.63) is 90.8 Å². The average Bonchev–Trinajstić information content (AvgIpc) is 3.34. The summed E-state index contributed by atoms with van der Waals surface area (Å²) in [6.45, 7) is 0. The maximum absolute atomic E-state index is 13.2. The number of para-hydroxylation sites is 1. The van der Waals surface area contributed by atoms with E-state index in [0.29, 0.717) is 11.4 Å². The molecule has 0 atom stereocenters.